The van der Waals surface area contributed by atoms with Crippen molar-refractivity contribution in [1.82, 2.24) is 0 Å². The summed E-state index contributed by atoms with van der Waals surface area (Å²) in [5.74, 6) is -0.199. The average Bonchev–Trinajstić information content (AvgIpc) is 2.59. The van der Waals surface area contributed by atoms with Gasteiger partial charge in [-0.25, -0.2) is 0 Å². The van der Waals surface area contributed by atoms with Crippen molar-refractivity contribution in [2.75, 3.05) is 25.2 Å². The molecule has 7 nitrogen and oxygen atoms in total. The second-order valence-electron chi connectivity index (χ2n) is 5.63. The van der Waals surface area contributed by atoms with E-state index in [1.807, 2.05) is 0 Å². The number of ether oxygens (including phenoxy) is 2. The molecule has 0 unspecified atom stereocenters. The van der Waals surface area contributed by atoms with Gasteiger partial charge in [0.05, 0.1) is 17.6 Å². The van der Waals surface area contributed by atoms with Crippen molar-refractivity contribution < 1.29 is 19.2 Å². The molecule has 1 aromatic carbocycles. The number of benzene rings is 1. The third kappa shape index (κ3) is 4.74. The van der Waals surface area contributed by atoms with Crippen LogP contribution in [0.25, 0.3) is 0 Å². The highest BCUT2D eigenvalue weighted by atomic mass is 16.6. The van der Waals surface area contributed by atoms with Gasteiger partial charge in [-0.15, -0.1) is 0 Å². The molecule has 0 aliphatic carbocycles. The van der Waals surface area contributed by atoms with Crippen LogP contribution in [0.3, 0.4) is 0 Å². The van der Waals surface area contributed by atoms with Gasteiger partial charge in [-0.2, -0.15) is 0 Å². The highest BCUT2D eigenvalue weighted by Gasteiger charge is 2.22. The zero-order valence-corrected chi connectivity index (χ0v) is 13.4. The van der Waals surface area contributed by atoms with E-state index in [4.69, 9.17) is 9.47 Å². The van der Waals surface area contributed by atoms with Crippen LogP contribution in [0.2, 0.25) is 0 Å². The molecule has 2 rings (SSSR count). The molecule has 0 saturated carbocycles. The number of hydrogen-bond donors (Lipinski definition) is 0. The predicted octanol–water partition coefficient (Wildman–Crippen LogP) is 2.53. The number of non-ortho nitro benzene ring substituents is 1. The fourth-order valence-corrected chi connectivity index (χ4v) is 2.46. The first-order valence-corrected chi connectivity index (χ1v) is 7.74. The molecular weight excluding hydrogens is 300 g/mol. The van der Waals surface area contributed by atoms with Gasteiger partial charge in [0.25, 0.3) is 11.6 Å². The number of nitrogens with zero attached hydrogens (tertiary/aromatic N) is 2. The minimum absolute atomic E-state index is 0.00616. The number of anilines is 1. The van der Waals surface area contributed by atoms with Crippen LogP contribution in [0.5, 0.6) is 0 Å². The van der Waals surface area contributed by atoms with Crippen LogP contribution in [-0.4, -0.2) is 43.3 Å². The molecule has 7 heteroatoms. The molecular formula is C16H22N2O5. The number of rotatable bonds is 6. The Labute approximate surface area is 135 Å². The number of amides is 1. The summed E-state index contributed by atoms with van der Waals surface area (Å²) < 4.78 is 11.2. The van der Waals surface area contributed by atoms with Gasteiger partial charge in [-0.1, -0.05) is 0 Å². The second-order valence-corrected chi connectivity index (χ2v) is 5.63. The van der Waals surface area contributed by atoms with E-state index in [9.17, 15) is 14.9 Å². The molecule has 0 N–H and O–H groups in total. The van der Waals surface area contributed by atoms with Crippen molar-refractivity contribution in [1.29, 1.82) is 0 Å². The summed E-state index contributed by atoms with van der Waals surface area (Å²) in [6.45, 7) is 2.85. The summed E-state index contributed by atoms with van der Waals surface area (Å²) in [5.41, 5.74) is 0.582. The van der Waals surface area contributed by atoms with E-state index in [0.717, 1.165) is 25.9 Å². The SMILES string of the molecule is C[C@@H](OC[C@@H]1CCCCO1)C(=O)N(C)c1ccc([N+](=O)[O-])cc1. The summed E-state index contributed by atoms with van der Waals surface area (Å²) in [7, 11) is 1.63. The van der Waals surface area contributed by atoms with Gasteiger partial charge in [0.2, 0.25) is 0 Å². The molecule has 1 aliphatic heterocycles. The zero-order chi connectivity index (χ0) is 16.8. The molecule has 1 aliphatic rings. The van der Waals surface area contributed by atoms with E-state index in [1.165, 1.54) is 17.0 Å². The lowest BCUT2D eigenvalue weighted by Crippen LogP contribution is -2.38. The predicted molar refractivity (Wildman–Crippen MR) is 85.5 cm³/mol. The van der Waals surface area contributed by atoms with E-state index < -0.39 is 11.0 Å². The Bertz CT molecular complexity index is 540. The number of carbonyl (C=O) groups is 1. The first-order chi connectivity index (χ1) is 11.0. The first kappa shape index (κ1) is 17.4. The van der Waals surface area contributed by atoms with Gasteiger partial charge >= 0.3 is 0 Å². The van der Waals surface area contributed by atoms with Crippen molar-refractivity contribution in [3.63, 3.8) is 0 Å². The van der Waals surface area contributed by atoms with Crippen molar-refractivity contribution in [2.24, 2.45) is 0 Å². The summed E-state index contributed by atoms with van der Waals surface area (Å²) >= 11 is 0. The maximum Gasteiger partial charge on any atom is 0.269 e. The van der Waals surface area contributed by atoms with Crippen LogP contribution < -0.4 is 4.90 Å². The summed E-state index contributed by atoms with van der Waals surface area (Å²) in [4.78, 5) is 24.0. The lowest BCUT2D eigenvalue weighted by Gasteiger charge is -2.26. The summed E-state index contributed by atoms with van der Waals surface area (Å²) in [6, 6.07) is 5.85. The molecule has 1 heterocycles. The van der Waals surface area contributed by atoms with Crippen LogP contribution in [-0.2, 0) is 14.3 Å². The van der Waals surface area contributed by atoms with Gasteiger partial charge in [0.1, 0.15) is 6.10 Å². The maximum absolute atomic E-state index is 12.4. The quantitative estimate of drug-likeness (QED) is 0.594. The molecule has 1 aromatic rings. The first-order valence-electron chi connectivity index (χ1n) is 7.74. The third-order valence-corrected chi connectivity index (χ3v) is 3.93. The molecule has 0 aromatic heterocycles. The molecule has 1 saturated heterocycles. The minimum Gasteiger partial charge on any atom is -0.376 e. The van der Waals surface area contributed by atoms with Crippen molar-refractivity contribution >= 4 is 17.3 Å². The highest BCUT2D eigenvalue weighted by molar-refractivity contribution is 5.95. The van der Waals surface area contributed by atoms with Gasteiger partial charge in [0.15, 0.2) is 0 Å². The van der Waals surface area contributed by atoms with Crippen molar-refractivity contribution in [3.05, 3.63) is 34.4 Å². The molecule has 1 fully saturated rings. The molecule has 23 heavy (non-hydrogen) atoms. The fraction of sp³-hybridized carbons (Fsp3) is 0.562. The van der Waals surface area contributed by atoms with Gasteiger partial charge in [0, 0.05) is 31.5 Å². The van der Waals surface area contributed by atoms with Crippen LogP contribution in [0.15, 0.2) is 24.3 Å². The highest BCUT2D eigenvalue weighted by Crippen LogP contribution is 2.20. The Morgan fingerprint density at radius 1 is 1.43 bits per heavy atom. The van der Waals surface area contributed by atoms with E-state index in [-0.39, 0.29) is 17.7 Å². The van der Waals surface area contributed by atoms with Gasteiger partial charge in [-0.3, -0.25) is 14.9 Å². The third-order valence-electron chi connectivity index (χ3n) is 3.93. The minimum atomic E-state index is -0.597. The molecule has 126 valence electrons. The monoisotopic (exact) mass is 322 g/mol. The standard InChI is InChI=1S/C16H22N2O5/c1-12(23-11-15-5-3-4-10-22-15)16(19)17(2)13-6-8-14(9-7-13)18(20)21/h6-9,12,15H,3-5,10-11H2,1-2H3/t12-,15+/m1/s1. The summed E-state index contributed by atoms with van der Waals surface area (Å²) in [6.07, 6.45) is 2.62. The van der Waals surface area contributed by atoms with E-state index >= 15 is 0 Å². The molecule has 0 bridgehead atoms. The second kappa shape index (κ2) is 8.03. The lowest BCUT2D eigenvalue weighted by molar-refractivity contribution is -0.384. The topological polar surface area (TPSA) is 81.9 Å². The summed E-state index contributed by atoms with van der Waals surface area (Å²) in [5, 5.41) is 10.7. The molecule has 0 spiro atoms. The largest absolute Gasteiger partial charge is 0.376 e. The normalized spacial score (nSPS) is 19.1. The number of hydrogen-bond acceptors (Lipinski definition) is 5. The lowest BCUT2D eigenvalue weighted by atomic mass is 10.1. The number of likely N-dealkylation sites (N-methyl/N-ethyl adjacent to an activating group) is 1. The van der Waals surface area contributed by atoms with E-state index in [2.05, 4.69) is 0 Å². The Morgan fingerprint density at radius 2 is 2.13 bits per heavy atom. The van der Waals surface area contributed by atoms with Crippen LogP contribution in [0.1, 0.15) is 26.2 Å². The van der Waals surface area contributed by atoms with E-state index in [0.29, 0.717) is 12.3 Å². The molecule has 0 radical (unpaired) electrons. The molecule has 1 amide bonds. The molecule has 2 atom stereocenters. The number of nitro benzene ring substituents is 1. The van der Waals surface area contributed by atoms with Crippen molar-refractivity contribution in [2.45, 2.75) is 38.4 Å². The fourth-order valence-electron chi connectivity index (χ4n) is 2.46. The van der Waals surface area contributed by atoms with Crippen molar-refractivity contribution in [3.8, 4) is 0 Å². The smallest absolute Gasteiger partial charge is 0.269 e. The Morgan fingerprint density at radius 3 is 2.70 bits per heavy atom. The van der Waals surface area contributed by atoms with E-state index in [1.54, 1.807) is 26.1 Å². The Kier molecular flexibility index (Phi) is 6.06. The van der Waals surface area contributed by atoms with Crippen LogP contribution >= 0.6 is 0 Å². The van der Waals surface area contributed by atoms with Gasteiger partial charge in [-0.05, 0) is 38.3 Å². The van der Waals surface area contributed by atoms with Crippen LogP contribution in [0, 0.1) is 10.1 Å². The van der Waals surface area contributed by atoms with Gasteiger partial charge < -0.3 is 14.4 Å². The Balaban J connectivity index is 1.88. The zero-order valence-electron chi connectivity index (χ0n) is 13.4. The maximum atomic E-state index is 12.4. The average molecular weight is 322 g/mol. The number of nitro groups is 1. The number of carbonyl (C=O) groups excluding carboxylic acids is 1. The Hall–Kier alpha value is -1.99. The van der Waals surface area contributed by atoms with Crippen LogP contribution in [0.4, 0.5) is 11.4 Å².